The average Bonchev–Trinajstić information content (AvgIpc) is 2.96. The van der Waals surface area contributed by atoms with Gasteiger partial charge in [-0.1, -0.05) is 15.9 Å². The Labute approximate surface area is 144 Å². The molecule has 0 aliphatic carbocycles. The number of ether oxygens (including phenoxy) is 1. The van der Waals surface area contributed by atoms with Gasteiger partial charge in [-0.3, -0.25) is 4.79 Å². The Bertz CT molecular complexity index is 507. The van der Waals surface area contributed by atoms with Gasteiger partial charge in [0.25, 0.3) is 0 Å². The highest BCUT2D eigenvalue weighted by atomic mass is 79.9. The van der Waals surface area contributed by atoms with Crippen LogP contribution in [-0.4, -0.2) is 36.0 Å². The minimum Gasteiger partial charge on any atom is -0.364 e. The maximum atomic E-state index is 12.2. The summed E-state index contributed by atoms with van der Waals surface area (Å²) in [6.07, 6.45) is 1.31. The van der Waals surface area contributed by atoms with Crippen LogP contribution in [0, 0.1) is 0 Å². The maximum Gasteiger partial charge on any atom is 0.249 e. The van der Waals surface area contributed by atoms with Crippen LogP contribution in [0.1, 0.15) is 26.7 Å². The van der Waals surface area contributed by atoms with Crippen molar-refractivity contribution >= 4 is 33.6 Å². The van der Waals surface area contributed by atoms with Gasteiger partial charge in [0.2, 0.25) is 5.91 Å². The molecule has 1 heterocycles. The quantitative estimate of drug-likeness (QED) is 0.737. The molecule has 0 saturated carbocycles. The molecule has 22 heavy (non-hydrogen) atoms. The van der Waals surface area contributed by atoms with Crippen LogP contribution in [-0.2, 0) is 9.53 Å². The van der Waals surface area contributed by atoms with Crippen LogP contribution in [0.4, 0.5) is 0 Å². The van der Waals surface area contributed by atoms with Crippen molar-refractivity contribution in [2.75, 3.05) is 13.1 Å². The first-order valence-corrected chi connectivity index (χ1v) is 9.08. The van der Waals surface area contributed by atoms with Crippen molar-refractivity contribution < 1.29 is 9.53 Å². The van der Waals surface area contributed by atoms with Crippen LogP contribution in [0.5, 0.6) is 0 Å². The van der Waals surface area contributed by atoms with Crippen LogP contribution in [0.25, 0.3) is 0 Å². The molecular formula is C16H23BrN2O2S. The van der Waals surface area contributed by atoms with E-state index in [1.165, 1.54) is 4.90 Å². The van der Waals surface area contributed by atoms with E-state index in [0.29, 0.717) is 13.1 Å². The largest absolute Gasteiger partial charge is 0.364 e. The summed E-state index contributed by atoms with van der Waals surface area (Å²) in [5.41, 5.74) is 5.57. The monoisotopic (exact) mass is 386 g/mol. The van der Waals surface area contributed by atoms with E-state index in [-0.39, 0.29) is 22.9 Å². The molecule has 1 aromatic carbocycles. The van der Waals surface area contributed by atoms with Gasteiger partial charge in [-0.25, -0.2) is 0 Å². The van der Waals surface area contributed by atoms with Crippen molar-refractivity contribution in [1.29, 1.82) is 0 Å². The van der Waals surface area contributed by atoms with Gasteiger partial charge in [0.05, 0.1) is 6.10 Å². The second-order valence-corrected chi connectivity index (χ2v) is 8.79. The summed E-state index contributed by atoms with van der Waals surface area (Å²) in [5, 5.41) is 3.01. The van der Waals surface area contributed by atoms with E-state index < -0.39 is 0 Å². The lowest BCUT2D eigenvalue weighted by Gasteiger charge is -2.25. The summed E-state index contributed by atoms with van der Waals surface area (Å²) in [5.74, 6) is -0.0274. The molecule has 1 aliphatic rings. The highest BCUT2D eigenvalue weighted by Crippen LogP contribution is 2.32. The lowest BCUT2D eigenvalue weighted by atomic mass is 10.1. The molecular weight excluding hydrogens is 364 g/mol. The van der Waals surface area contributed by atoms with Gasteiger partial charge in [0.1, 0.15) is 6.10 Å². The first kappa shape index (κ1) is 17.8. The summed E-state index contributed by atoms with van der Waals surface area (Å²) in [7, 11) is 0. The number of nitrogens with one attached hydrogen (secondary N) is 1. The predicted molar refractivity (Wildman–Crippen MR) is 94.0 cm³/mol. The van der Waals surface area contributed by atoms with Gasteiger partial charge in [-0.2, -0.15) is 0 Å². The molecule has 1 aliphatic heterocycles. The Kier molecular flexibility index (Phi) is 6.32. The number of nitrogens with two attached hydrogens (primary N) is 1. The van der Waals surface area contributed by atoms with Crippen LogP contribution >= 0.6 is 27.7 Å². The van der Waals surface area contributed by atoms with Gasteiger partial charge in [0, 0.05) is 27.2 Å². The Balaban J connectivity index is 1.81. The number of carbonyl (C=O) groups is 1. The van der Waals surface area contributed by atoms with Crippen molar-refractivity contribution in [3.8, 4) is 0 Å². The zero-order valence-electron chi connectivity index (χ0n) is 13.0. The second kappa shape index (κ2) is 7.81. The number of hydrogen-bond acceptors (Lipinski definition) is 4. The number of halogens is 1. The lowest BCUT2D eigenvalue weighted by molar-refractivity contribution is -0.131. The van der Waals surface area contributed by atoms with Crippen LogP contribution in [0.2, 0.25) is 0 Å². The standard InChI is InChI=1S/C16H23BrN2O2S/c1-16(2,22-13-6-3-11(17)4-7-13)10-19-15(20)14-8-5-12(9-18)21-14/h3-4,6-7,12,14H,5,8-10,18H2,1-2H3,(H,19,20)/t12-,14+/m1/s1. The fraction of sp³-hybridized carbons (Fsp3) is 0.562. The number of thioether (sulfide) groups is 1. The molecule has 4 nitrogen and oxygen atoms in total. The highest BCUT2D eigenvalue weighted by molar-refractivity contribution is 9.10. The van der Waals surface area contributed by atoms with Gasteiger partial charge in [0.15, 0.2) is 0 Å². The van der Waals surface area contributed by atoms with E-state index in [1.807, 2.05) is 12.1 Å². The van der Waals surface area contributed by atoms with Crippen LogP contribution in [0.15, 0.2) is 33.6 Å². The summed E-state index contributed by atoms with van der Waals surface area (Å²) >= 11 is 5.18. The Morgan fingerprint density at radius 2 is 2.09 bits per heavy atom. The Morgan fingerprint density at radius 1 is 1.41 bits per heavy atom. The van der Waals surface area contributed by atoms with Crippen LogP contribution in [0.3, 0.4) is 0 Å². The SMILES string of the molecule is CC(C)(CNC(=O)[C@@H]1CC[C@H](CN)O1)Sc1ccc(Br)cc1. The summed E-state index contributed by atoms with van der Waals surface area (Å²) < 4.78 is 6.60. The summed E-state index contributed by atoms with van der Waals surface area (Å²) in [4.78, 5) is 13.3. The maximum absolute atomic E-state index is 12.2. The van der Waals surface area contributed by atoms with E-state index in [4.69, 9.17) is 10.5 Å². The zero-order valence-corrected chi connectivity index (χ0v) is 15.4. The number of hydrogen-bond donors (Lipinski definition) is 2. The van der Waals surface area contributed by atoms with Crippen molar-refractivity contribution in [2.45, 2.75) is 48.5 Å². The third-order valence-electron chi connectivity index (χ3n) is 3.56. The van der Waals surface area contributed by atoms with Gasteiger partial charge < -0.3 is 15.8 Å². The van der Waals surface area contributed by atoms with Crippen molar-refractivity contribution in [1.82, 2.24) is 5.32 Å². The molecule has 1 saturated heterocycles. The molecule has 1 fully saturated rings. The van der Waals surface area contributed by atoms with Gasteiger partial charge in [-0.05, 0) is 51.0 Å². The average molecular weight is 387 g/mol. The summed E-state index contributed by atoms with van der Waals surface area (Å²) in [6, 6.07) is 8.20. The topological polar surface area (TPSA) is 64.4 Å². The van der Waals surface area contributed by atoms with E-state index in [1.54, 1.807) is 11.8 Å². The molecule has 6 heteroatoms. The molecule has 0 spiro atoms. The van der Waals surface area contributed by atoms with Crippen molar-refractivity contribution in [2.24, 2.45) is 5.73 Å². The molecule has 0 aromatic heterocycles. The minimum atomic E-state index is -0.345. The highest BCUT2D eigenvalue weighted by Gasteiger charge is 2.31. The third kappa shape index (κ3) is 5.26. The fourth-order valence-electron chi connectivity index (χ4n) is 2.34. The number of benzene rings is 1. The minimum absolute atomic E-state index is 0.0274. The summed E-state index contributed by atoms with van der Waals surface area (Å²) in [6.45, 7) is 5.32. The van der Waals surface area contributed by atoms with Gasteiger partial charge >= 0.3 is 0 Å². The first-order chi connectivity index (χ1) is 10.4. The molecule has 2 rings (SSSR count). The van der Waals surface area contributed by atoms with E-state index in [0.717, 1.165) is 17.3 Å². The normalized spacial score (nSPS) is 21.8. The second-order valence-electron chi connectivity index (χ2n) is 6.09. The van der Waals surface area contributed by atoms with E-state index >= 15 is 0 Å². The molecule has 0 radical (unpaired) electrons. The van der Waals surface area contributed by atoms with Crippen LogP contribution < -0.4 is 11.1 Å². The van der Waals surface area contributed by atoms with Crippen molar-refractivity contribution in [3.63, 3.8) is 0 Å². The van der Waals surface area contributed by atoms with Crippen molar-refractivity contribution in [3.05, 3.63) is 28.7 Å². The first-order valence-electron chi connectivity index (χ1n) is 7.47. The molecule has 0 unspecified atom stereocenters. The molecule has 1 amide bonds. The smallest absolute Gasteiger partial charge is 0.249 e. The van der Waals surface area contributed by atoms with E-state index in [2.05, 4.69) is 47.2 Å². The Morgan fingerprint density at radius 3 is 2.68 bits per heavy atom. The fourth-order valence-corrected chi connectivity index (χ4v) is 3.66. The molecule has 122 valence electrons. The zero-order chi connectivity index (χ0) is 16.2. The third-order valence-corrected chi connectivity index (χ3v) is 5.29. The lowest BCUT2D eigenvalue weighted by Crippen LogP contribution is -2.41. The predicted octanol–water partition coefficient (Wildman–Crippen LogP) is 2.94. The molecule has 2 atom stereocenters. The van der Waals surface area contributed by atoms with Gasteiger partial charge in [-0.15, -0.1) is 11.8 Å². The Hall–Kier alpha value is -0.560. The van der Waals surface area contributed by atoms with E-state index in [9.17, 15) is 4.79 Å². The molecule has 3 N–H and O–H groups in total. The molecule has 1 aromatic rings. The molecule has 0 bridgehead atoms. The number of amides is 1. The number of carbonyl (C=O) groups excluding carboxylic acids is 1. The number of rotatable bonds is 6.